The summed E-state index contributed by atoms with van der Waals surface area (Å²) in [6, 6.07) is 13.8. The van der Waals surface area contributed by atoms with E-state index in [0.717, 1.165) is 18.5 Å². The standard InChI is InChI=1S/C14H19N.C14H20/c1-10-5-6-11-7-8-12(14(2,3)4)9-13(11)15-10;1-14(2,3)13-9-8-11-6-4-5-7-12(11)10-13/h7-9,15H,1,5-6H2,2-4H3;8-10H,4-7H2,1-3H3. The number of allylic oxidation sites excluding steroid dienone is 1. The molecule has 0 saturated heterocycles. The van der Waals surface area contributed by atoms with Crippen molar-refractivity contribution in [1.29, 1.82) is 0 Å². The van der Waals surface area contributed by atoms with Gasteiger partial charge in [-0.1, -0.05) is 78.5 Å². The number of hydrogen-bond donors (Lipinski definition) is 1. The van der Waals surface area contributed by atoms with E-state index in [2.05, 4.69) is 89.8 Å². The van der Waals surface area contributed by atoms with Gasteiger partial charge in [0.05, 0.1) is 0 Å². The van der Waals surface area contributed by atoms with E-state index in [1.54, 1.807) is 11.1 Å². The molecule has 0 radical (unpaired) electrons. The number of nitrogens with one attached hydrogen (secondary N) is 1. The largest absolute Gasteiger partial charge is 0.359 e. The first-order valence-corrected chi connectivity index (χ1v) is 11.2. The molecule has 0 atom stereocenters. The number of fused-ring (bicyclic) bond motifs is 2. The fourth-order valence-electron chi connectivity index (χ4n) is 4.12. The van der Waals surface area contributed by atoms with Crippen LogP contribution in [0.4, 0.5) is 5.69 Å². The van der Waals surface area contributed by atoms with Crippen LogP contribution in [0.3, 0.4) is 0 Å². The summed E-state index contributed by atoms with van der Waals surface area (Å²) in [7, 11) is 0. The van der Waals surface area contributed by atoms with Crippen molar-refractivity contribution in [3.05, 3.63) is 76.5 Å². The molecule has 1 aliphatic carbocycles. The number of hydrogen-bond acceptors (Lipinski definition) is 1. The van der Waals surface area contributed by atoms with Crippen molar-refractivity contribution in [2.24, 2.45) is 0 Å². The molecule has 156 valence electrons. The van der Waals surface area contributed by atoms with Gasteiger partial charge in [0.25, 0.3) is 0 Å². The van der Waals surface area contributed by atoms with Crippen molar-refractivity contribution < 1.29 is 0 Å². The Hall–Kier alpha value is -2.02. The van der Waals surface area contributed by atoms with Crippen LogP contribution >= 0.6 is 0 Å². The molecule has 1 nitrogen and oxygen atoms in total. The van der Waals surface area contributed by atoms with E-state index in [0.29, 0.717) is 5.41 Å². The molecule has 1 heteroatoms. The van der Waals surface area contributed by atoms with Gasteiger partial charge in [0, 0.05) is 11.4 Å². The van der Waals surface area contributed by atoms with Crippen molar-refractivity contribution in [1.82, 2.24) is 0 Å². The number of rotatable bonds is 0. The maximum Gasteiger partial charge on any atom is 0.0417 e. The third-order valence-electron chi connectivity index (χ3n) is 6.20. The zero-order valence-corrected chi connectivity index (χ0v) is 19.4. The average molecular weight is 390 g/mol. The molecule has 29 heavy (non-hydrogen) atoms. The lowest BCUT2D eigenvalue weighted by Gasteiger charge is -2.25. The first-order chi connectivity index (χ1) is 13.5. The Kier molecular flexibility index (Phi) is 6.27. The van der Waals surface area contributed by atoms with Crippen LogP contribution in [0.5, 0.6) is 0 Å². The highest BCUT2D eigenvalue weighted by Gasteiger charge is 2.18. The topological polar surface area (TPSA) is 12.0 Å². The Labute approximate surface area is 178 Å². The fraction of sp³-hybridized carbons (Fsp3) is 0.500. The van der Waals surface area contributed by atoms with Crippen LogP contribution in [-0.2, 0) is 30.1 Å². The van der Waals surface area contributed by atoms with Gasteiger partial charge in [-0.05, 0) is 83.2 Å². The summed E-state index contributed by atoms with van der Waals surface area (Å²) in [5.41, 5.74) is 10.4. The van der Waals surface area contributed by atoms with E-state index in [1.807, 2.05) is 0 Å². The summed E-state index contributed by atoms with van der Waals surface area (Å²) in [5, 5.41) is 3.38. The second kappa shape index (κ2) is 8.38. The molecule has 1 N–H and O–H groups in total. The van der Waals surface area contributed by atoms with Gasteiger partial charge in [-0.25, -0.2) is 0 Å². The van der Waals surface area contributed by atoms with E-state index in [1.165, 1.54) is 48.1 Å². The van der Waals surface area contributed by atoms with Gasteiger partial charge in [0.15, 0.2) is 0 Å². The second-order valence-corrected chi connectivity index (χ2v) is 10.8. The maximum absolute atomic E-state index is 3.99. The van der Waals surface area contributed by atoms with Crippen LogP contribution in [0.25, 0.3) is 0 Å². The van der Waals surface area contributed by atoms with E-state index in [-0.39, 0.29) is 5.41 Å². The third-order valence-corrected chi connectivity index (χ3v) is 6.20. The molecular formula is C28H39N. The minimum Gasteiger partial charge on any atom is -0.359 e. The maximum atomic E-state index is 3.99. The van der Waals surface area contributed by atoms with E-state index in [9.17, 15) is 0 Å². The lowest BCUT2D eigenvalue weighted by atomic mass is 9.82. The Morgan fingerprint density at radius 1 is 0.655 bits per heavy atom. The van der Waals surface area contributed by atoms with Crippen molar-refractivity contribution in [2.75, 3.05) is 5.32 Å². The lowest BCUT2D eigenvalue weighted by molar-refractivity contribution is 0.586. The molecule has 0 spiro atoms. The van der Waals surface area contributed by atoms with Crippen molar-refractivity contribution in [3.63, 3.8) is 0 Å². The Balaban J connectivity index is 0.000000166. The van der Waals surface area contributed by atoms with Gasteiger partial charge < -0.3 is 5.32 Å². The van der Waals surface area contributed by atoms with Gasteiger partial charge in [-0.2, -0.15) is 0 Å². The van der Waals surface area contributed by atoms with Gasteiger partial charge in [-0.15, -0.1) is 0 Å². The van der Waals surface area contributed by atoms with Crippen LogP contribution in [0, 0.1) is 0 Å². The Morgan fingerprint density at radius 2 is 1.21 bits per heavy atom. The summed E-state index contributed by atoms with van der Waals surface area (Å²) in [4.78, 5) is 0. The summed E-state index contributed by atoms with van der Waals surface area (Å²) in [5.74, 6) is 0. The van der Waals surface area contributed by atoms with Crippen molar-refractivity contribution >= 4 is 5.69 Å². The SMILES string of the molecule is C=C1CCc2ccc(C(C)(C)C)cc2N1.CC(C)(C)c1ccc2c(c1)CCCC2. The molecule has 0 amide bonds. The van der Waals surface area contributed by atoms with E-state index >= 15 is 0 Å². The zero-order valence-electron chi connectivity index (χ0n) is 19.4. The normalized spacial score (nSPS) is 16.1. The molecule has 1 heterocycles. The van der Waals surface area contributed by atoms with Gasteiger partial charge in [-0.3, -0.25) is 0 Å². The van der Waals surface area contributed by atoms with Crippen LogP contribution in [0.15, 0.2) is 48.7 Å². The van der Waals surface area contributed by atoms with Crippen molar-refractivity contribution in [2.45, 2.75) is 90.9 Å². The molecule has 4 rings (SSSR count). The number of aryl methyl sites for hydroxylation is 3. The molecule has 0 fully saturated rings. The molecule has 0 saturated carbocycles. The minimum absolute atomic E-state index is 0.218. The summed E-state index contributed by atoms with van der Waals surface area (Å²) in [6.45, 7) is 17.6. The van der Waals surface area contributed by atoms with Crippen LogP contribution in [-0.4, -0.2) is 0 Å². The van der Waals surface area contributed by atoms with Crippen LogP contribution < -0.4 is 5.32 Å². The van der Waals surface area contributed by atoms with Crippen molar-refractivity contribution in [3.8, 4) is 0 Å². The molecular weight excluding hydrogens is 350 g/mol. The summed E-state index contributed by atoms with van der Waals surface area (Å²) < 4.78 is 0. The number of anilines is 1. The molecule has 2 aromatic rings. The first kappa shape index (κ1) is 21.7. The molecule has 0 bridgehead atoms. The Bertz CT molecular complexity index is 874. The van der Waals surface area contributed by atoms with Gasteiger partial charge >= 0.3 is 0 Å². The monoisotopic (exact) mass is 389 g/mol. The highest BCUT2D eigenvalue weighted by molar-refractivity contribution is 5.59. The highest BCUT2D eigenvalue weighted by Crippen LogP contribution is 2.31. The molecule has 1 aliphatic heterocycles. The van der Waals surface area contributed by atoms with Gasteiger partial charge in [0.1, 0.15) is 0 Å². The summed E-state index contributed by atoms with van der Waals surface area (Å²) >= 11 is 0. The first-order valence-electron chi connectivity index (χ1n) is 11.2. The van der Waals surface area contributed by atoms with Crippen LogP contribution in [0.1, 0.15) is 88.6 Å². The molecule has 2 aliphatic rings. The smallest absolute Gasteiger partial charge is 0.0417 e. The quantitative estimate of drug-likeness (QED) is 0.486. The predicted octanol–water partition coefficient (Wildman–Crippen LogP) is 7.72. The van der Waals surface area contributed by atoms with Crippen LogP contribution in [0.2, 0.25) is 0 Å². The number of benzene rings is 2. The lowest BCUT2D eigenvalue weighted by Crippen LogP contribution is -2.14. The molecule has 2 aromatic carbocycles. The predicted molar refractivity (Wildman–Crippen MR) is 128 cm³/mol. The minimum atomic E-state index is 0.218. The van der Waals surface area contributed by atoms with Gasteiger partial charge in [0.2, 0.25) is 0 Å². The third kappa shape index (κ3) is 5.53. The Morgan fingerprint density at radius 3 is 1.83 bits per heavy atom. The summed E-state index contributed by atoms with van der Waals surface area (Å²) in [6.07, 6.45) is 7.51. The second-order valence-electron chi connectivity index (χ2n) is 10.8. The van der Waals surface area contributed by atoms with E-state index < -0.39 is 0 Å². The molecule has 0 aromatic heterocycles. The molecule has 0 unspecified atom stereocenters. The zero-order chi connectivity index (χ0) is 21.2. The van der Waals surface area contributed by atoms with E-state index in [4.69, 9.17) is 0 Å². The fourth-order valence-corrected chi connectivity index (χ4v) is 4.12. The highest BCUT2D eigenvalue weighted by atomic mass is 14.9. The average Bonchev–Trinajstić information content (AvgIpc) is 2.66.